The van der Waals surface area contributed by atoms with E-state index in [4.69, 9.17) is 27.5 Å². The first-order valence-electron chi connectivity index (χ1n) is 5.27. The average Bonchev–Trinajstić information content (AvgIpc) is 2.16. The van der Waals surface area contributed by atoms with Gasteiger partial charge in [0, 0.05) is 5.56 Å². The Hall–Kier alpha value is -1.22. The zero-order chi connectivity index (χ0) is 12.1. The van der Waals surface area contributed by atoms with Crippen molar-refractivity contribution in [2.45, 2.75) is 20.3 Å². The van der Waals surface area contributed by atoms with Crippen LogP contribution in [0.2, 0.25) is 5.02 Å². The number of hydrogen-bond donors (Lipinski definition) is 2. The SMILES string of the molecule is CC(C)CCOc1ccc(C(=N)N)c(Cl)c1. The van der Waals surface area contributed by atoms with Gasteiger partial charge in [0.05, 0.1) is 11.6 Å². The first-order chi connectivity index (χ1) is 7.50. The van der Waals surface area contributed by atoms with Crippen LogP contribution in [-0.4, -0.2) is 12.4 Å². The maximum atomic E-state index is 7.29. The second kappa shape index (κ2) is 5.75. The molecule has 0 heterocycles. The van der Waals surface area contributed by atoms with Gasteiger partial charge >= 0.3 is 0 Å². The predicted molar refractivity (Wildman–Crippen MR) is 67.4 cm³/mol. The van der Waals surface area contributed by atoms with Crippen LogP contribution in [0, 0.1) is 11.3 Å². The molecule has 1 rings (SSSR count). The van der Waals surface area contributed by atoms with Gasteiger partial charge in [-0.3, -0.25) is 5.41 Å². The quantitative estimate of drug-likeness (QED) is 0.614. The van der Waals surface area contributed by atoms with Crippen LogP contribution >= 0.6 is 11.6 Å². The van der Waals surface area contributed by atoms with Crippen molar-refractivity contribution in [3.63, 3.8) is 0 Å². The first kappa shape index (κ1) is 12.8. The normalized spacial score (nSPS) is 10.5. The molecular weight excluding hydrogens is 224 g/mol. The van der Waals surface area contributed by atoms with E-state index in [1.54, 1.807) is 18.2 Å². The van der Waals surface area contributed by atoms with E-state index < -0.39 is 0 Å². The van der Waals surface area contributed by atoms with Crippen molar-refractivity contribution < 1.29 is 4.74 Å². The molecule has 0 aliphatic carbocycles. The summed E-state index contributed by atoms with van der Waals surface area (Å²) in [6.45, 7) is 4.97. The number of ether oxygens (including phenoxy) is 1. The van der Waals surface area contributed by atoms with E-state index in [0.717, 1.165) is 12.2 Å². The lowest BCUT2D eigenvalue weighted by Gasteiger charge is -2.09. The molecule has 0 aliphatic rings. The van der Waals surface area contributed by atoms with E-state index in [1.165, 1.54) is 0 Å². The minimum atomic E-state index is -0.0290. The van der Waals surface area contributed by atoms with Gasteiger partial charge in [0.2, 0.25) is 0 Å². The highest BCUT2D eigenvalue weighted by molar-refractivity contribution is 6.34. The van der Waals surface area contributed by atoms with Crippen LogP contribution in [-0.2, 0) is 0 Å². The predicted octanol–water partition coefficient (Wildman–Crippen LogP) is 3.05. The molecule has 0 bridgehead atoms. The van der Waals surface area contributed by atoms with Gasteiger partial charge < -0.3 is 10.5 Å². The molecule has 0 saturated carbocycles. The second-order valence-corrected chi connectivity index (χ2v) is 4.49. The van der Waals surface area contributed by atoms with Crippen LogP contribution in [0.25, 0.3) is 0 Å². The largest absolute Gasteiger partial charge is 0.494 e. The summed E-state index contributed by atoms with van der Waals surface area (Å²) in [4.78, 5) is 0. The van der Waals surface area contributed by atoms with Gasteiger partial charge in [-0.05, 0) is 30.5 Å². The third-order valence-electron chi connectivity index (χ3n) is 2.19. The third-order valence-corrected chi connectivity index (χ3v) is 2.51. The molecule has 0 spiro atoms. The van der Waals surface area contributed by atoms with E-state index in [9.17, 15) is 0 Å². The van der Waals surface area contributed by atoms with Gasteiger partial charge in [-0.2, -0.15) is 0 Å². The van der Waals surface area contributed by atoms with Crippen LogP contribution in [0.1, 0.15) is 25.8 Å². The molecule has 1 aromatic carbocycles. The Morgan fingerprint density at radius 2 is 2.19 bits per heavy atom. The van der Waals surface area contributed by atoms with E-state index in [2.05, 4.69) is 13.8 Å². The van der Waals surface area contributed by atoms with E-state index in [-0.39, 0.29) is 5.84 Å². The van der Waals surface area contributed by atoms with Crippen molar-refractivity contribution >= 4 is 17.4 Å². The van der Waals surface area contributed by atoms with Crippen LogP contribution in [0.15, 0.2) is 18.2 Å². The van der Waals surface area contributed by atoms with Crippen molar-refractivity contribution in [1.29, 1.82) is 5.41 Å². The molecule has 3 nitrogen and oxygen atoms in total. The van der Waals surface area contributed by atoms with Crippen LogP contribution in [0.4, 0.5) is 0 Å². The van der Waals surface area contributed by atoms with Crippen LogP contribution in [0.5, 0.6) is 5.75 Å². The molecule has 0 aromatic heterocycles. The highest BCUT2D eigenvalue weighted by Crippen LogP contribution is 2.22. The number of nitrogens with two attached hydrogens (primary N) is 1. The minimum Gasteiger partial charge on any atom is -0.494 e. The smallest absolute Gasteiger partial charge is 0.124 e. The third kappa shape index (κ3) is 3.74. The van der Waals surface area contributed by atoms with Gasteiger partial charge in [-0.15, -0.1) is 0 Å². The Morgan fingerprint density at radius 1 is 1.50 bits per heavy atom. The molecule has 0 atom stereocenters. The van der Waals surface area contributed by atoms with Gasteiger partial charge in [-0.1, -0.05) is 25.4 Å². The molecule has 0 aliphatic heterocycles. The number of benzene rings is 1. The second-order valence-electron chi connectivity index (χ2n) is 4.09. The number of amidine groups is 1. The summed E-state index contributed by atoms with van der Waals surface area (Å²) in [7, 11) is 0. The van der Waals surface area contributed by atoms with E-state index in [1.807, 2.05) is 0 Å². The fourth-order valence-electron chi connectivity index (χ4n) is 1.22. The van der Waals surface area contributed by atoms with Crippen molar-refractivity contribution in [2.24, 2.45) is 11.7 Å². The fraction of sp³-hybridized carbons (Fsp3) is 0.417. The van der Waals surface area contributed by atoms with Gasteiger partial charge in [-0.25, -0.2) is 0 Å². The molecule has 0 saturated heterocycles. The molecule has 88 valence electrons. The Bertz CT molecular complexity index is 377. The molecule has 0 radical (unpaired) electrons. The summed E-state index contributed by atoms with van der Waals surface area (Å²) in [6, 6.07) is 5.18. The molecule has 0 amide bonds. The van der Waals surface area contributed by atoms with Gasteiger partial charge in [0.15, 0.2) is 0 Å². The lowest BCUT2D eigenvalue weighted by molar-refractivity contribution is 0.289. The van der Waals surface area contributed by atoms with E-state index >= 15 is 0 Å². The topological polar surface area (TPSA) is 59.1 Å². The number of halogens is 1. The highest BCUT2D eigenvalue weighted by atomic mass is 35.5. The molecular formula is C12H17ClN2O. The minimum absolute atomic E-state index is 0.0290. The summed E-state index contributed by atoms with van der Waals surface area (Å²) in [5, 5.41) is 7.75. The lowest BCUT2D eigenvalue weighted by atomic mass is 10.1. The van der Waals surface area contributed by atoms with Crippen molar-refractivity contribution in [3.8, 4) is 5.75 Å². The van der Waals surface area contributed by atoms with Crippen molar-refractivity contribution in [3.05, 3.63) is 28.8 Å². The lowest BCUT2D eigenvalue weighted by Crippen LogP contribution is -2.11. The number of nitrogen functional groups attached to an aromatic ring is 1. The molecule has 16 heavy (non-hydrogen) atoms. The monoisotopic (exact) mass is 240 g/mol. The van der Waals surface area contributed by atoms with Gasteiger partial charge in [0.25, 0.3) is 0 Å². The summed E-state index contributed by atoms with van der Waals surface area (Å²) in [5.74, 6) is 1.31. The van der Waals surface area contributed by atoms with Crippen molar-refractivity contribution in [1.82, 2.24) is 0 Å². The summed E-state index contributed by atoms with van der Waals surface area (Å²) >= 11 is 5.97. The van der Waals surface area contributed by atoms with Crippen LogP contribution in [0.3, 0.4) is 0 Å². The first-order valence-corrected chi connectivity index (χ1v) is 5.65. The zero-order valence-corrected chi connectivity index (χ0v) is 10.3. The molecule has 1 aromatic rings. The molecule has 3 N–H and O–H groups in total. The molecule has 0 fully saturated rings. The molecule has 0 unspecified atom stereocenters. The maximum Gasteiger partial charge on any atom is 0.124 e. The van der Waals surface area contributed by atoms with Crippen molar-refractivity contribution in [2.75, 3.05) is 6.61 Å². The number of hydrogen-bond acceptors (Lipinski definition) is 2. The summed E-state index contributed by atoms with van der Waals surface area (Å²) < 4.78 is 5.54. The number of nitrogens with one attached hydrogen (secondary N) is 1. The Morgan fingerprint density at radius 3 is 2.69 bits per heavy atom. The maximum absolute atomic E-state index is 7.29. The standard InChI is InChI=1S/C12H17ClN2O/c1-8(2)5-6-16-9-3-4-10(12(14)15)11(13)7-9/h3-4,7-8H,5-6H2,1-2H3,(H3,14,15). The highest BCUT2D eigenvalue weighted by Gasteiger charge is 2.05. The number of rotatable bonds is 5. The summed E-state index contributed by atoms with van der Waals surface area (Å²) in [6.07, 6.45) is 1.01. The van der Waals surface area contributed by atoms with Gasteiger partial charge in [0.1, 0.15) is 11.6 Å². The Balaban J connectivity index is 2.63. The zero-order valence-electron chi connectivity index (χ0n) is 9.59. The fourth-order valence-corrected chi connectivity index (χ4v) is 1.49. The molecule has 4 heteroatoms. The Kier molecular flexibility index (Phi) is 4.62. The summed E-state index contributed by atoms with van der Waals surface area (Å²) in [5.41, 5.74) is 5.90. The Labute approximate surface area is 101 Å². The average molecular weight is 241 g/mol. The van der Waals surface area contributed by atoms with E-state index in [0.29, 0.717) is 23.1 Å². The van der Waals surface area contributed by atoms with Crippen LogP contribution < -0.4 is 10.5 Å².